The van der Waals surface area contributed by atoms with Crippen LogP contribution in [0.2, 0.25) is 0 Å². The first-order valence-corrected chi connectivity index (χ1v) is 7.23. The molecule has 0 saturated heterocycles. The standard InChI is InChI=1S/C13H17NO2S/c1-11-5-7-13(8-6-11)17(16)10-12-4-2-3-9-14(12)15/h5-8H,2-4,9-10H2,1H3/t17-/m1/s1. The highest BCUT2D eigenvalue weighted by Crippen LogP contribution is 2.12. The van der Waals surface area contributed by atoms with Crippen LogP contribution >= 0.6 is 0 Å². The van der Waals surface area contributed by atoms with Gasteiger partial charge in [-0.15, -0.1) is 0 Å². The molecule has 2 rings (SSSR count). The zero-order valence-corrected chi connectivity index (χ0v) is 10.8. The Morgan fingerprint density at radius 1 is 1.29 bits per heavy atom. The van der Waals surface area contributed by atoms with E-state index < -0.39 is 10.8 Å². The summed E-state index contributed by atoms with van der Waals surface area (Å²) in [5.41, 5.74) is 1.94. The Balaban J connectivity index is 2.09. The first-order valence-electron chi connectivity index (χ1n) is 5.91. The highest BCUT2D eigenvalue weighted by atomic mass is 32.2. The summed E-state index contributed by atoms with van der Waals surface area (Å²) < 4.78 is 13.1. The molecule has 0 aliphatic carbocycles. The molecule has 0 N–H and O–H groups in total. The second kappa shape index (κ2) is 5.45. The zero-order valence-electron chi connectivity index (χ0n) is 10.0. The molecule has 0 radical (unpaired) electrons. The van der Waals surface area contributed by atoms with Crippen LogP contribution in [0.1, 0.15) is 24.8 Å². The second-order valence-electron chi connectivity index (χ2n) is 4.43. The van der Waals surface area contributed by atoms with Crippen molar-refractivity contribution in [1.29, 1.82) is 0 Å². The van der Waals surface area contributed by atoms with E-state index in [2.05, 4.69) is 0 Å². The first kappa shape index (κ1) is 12.3. The van der Waals surface area contributed by atoms with Gasteiger partial charge in [-0.05, 0) is 25.5 Å². The van der Waals surface area contributed by atoms with Crippen LogP contribution in [0.3, 0.4) is 0 Å². The fourth-order valence-electron chi connectivity index (χ4n) is 1.94. The number of aryl methyl sites for hydroxylation is 1. The molecule has 3 nitrogen and oxygen atoms in total. The summed E-state index contributed by atoms with van der Waals surface area (Å²) in [5.74, 6) is 0.382. The molecule has 0 amide bonds. The maximum absolute atomic E-state index is 12.1. The van der Waals surface area contributed by atoms with Crippen LogP contribution in [0, 0.1) is 12.1 Å². The summed E-state index contributed by atoms with van der Waals surface area (Å²) in [4.78, 5) is 0.807. The number of benzene rings is 1. The van der Waals surface area contributed by atoms with Crippen molar-refractivity contribution in [3.8, 4) is 0 Å². The van der Waals surface area contributed by atoms with E-state index in [1.165, 1.54) is 0 Å². The van der Waals surface area contributed by atoms with Gasteiger partial charge < -0.3 is 5.21 Å². The minimum absolute atomic E-state index is 0.382. The van der Waals surface area contributed by atoms with Crippen LogP contribution in [0.15, 0.2) is 29.2 Å². The van der Waals surface area contributed by atoms with Crippen LogP contribution in [-0.4, -0.2) is 27.0 Å². The molecule has 1 heterocycles. The van der Waals surface area contributed by atoms with E-state index in [0.717, 1.165) is 40.2 Å². The largest absolute Gasteiger partial charge is 0.624 e. The lowest BCUT2D eigenvalue weighted by molar-refractivity contribution is -0.464. The average Bonchev–Trinajstić information content (AvgIpc) is 2.33. The van der Waals surface area contributed by atoms with Crippen molar-refractivity contribution in [3.05, 3.63) is 35.0 Å². The van der Waals surface area contributed by atoms with E-state index in [4.69, 9.17) is 0 Å². The third-order valence-corrected chi connectivity index (χ3v) is 4.40. The van der Waals surface area contributed by atoms with Crippen LogP contribution in [0.4, 0.5) is 0 Å². The second-order valence-corrected chi connectivity index (χ2v) is 5.88. The number of hydrogen-bond donors (Lipinski definition) is 0. The lowest BCUT2D eigenvalue weighted by Crippen LogP contribution is -2.26. The summed E-state index contributed by atoms with van der Waals surface area (Å²) in [6, 6.07) is 7.66. The van der Waals surface area contributed by atoms with Gasteiger partial charge in [-0.1, -0.05) is 17.7 Å². The Kier molecular flexibility index (Phi) is 3.94. The first-order chi connectivity index (χ1) is 8.16. The predicted molar refractivity (Wildman–Crippen MR) is 69.8 cm³/mol. The SMILES string of the molecule is Cc1ccc([S@](=O)CC2=[N+]([O-])CCCC2)cc1. The van der Waals surface area contributed by atoms with Gasteiger partial charge in [0.05, 0.1) is 10.8 Å². The highest BCUT2D eigenvalue weighted by Gasteiger charge is 2.18. The number of nitrogens with zero attached hydrogens (tertiary/aromatic N) is 1. The Morgan fingerprint density at radius 2 is 2.00 bits per heavy atom. The molecule has 1 atom stereocenters. The molecule has 17 heavy (non-hydrogen) atoms. The quantitative estimate of drug-likeness (QED) is 0.611. The van der Waals surface area contributed by atoms with Gasteiger partial charge in [0.25, 0.3) is 0 Å². The fraction of sp³-hybridized carbons (Fsp3) is 0.462. The third-order valence-electron chi connectivity index (χ3n) is 3.01. The third kappa shape index (κ3) is 3.16. The van der Waals surface area contributed by atoms with Crippen molar-refractivity contribution < 1.29 is 8.95 Å². The van der Waals surface area contributed by atoms with E-state index in [0.29, 0.717) is 12.3 Å². The van der Waals surface area contributed by atoms with Crippen LogP contribution in [0.25, 0.3) is 0 Å². The summed E-state index contributed by atoms with van der Waals surface area (Å²) >= 11 is 0. The van der Waals surface area contributed by atoms with Crippen molar-refractivity contribution in [1.82, 2.24) is 0 Å². The molecule has 92 valence electrons. The maximum Gasteiger partial charge on any atom is 0.176 e. The predicted octanol–water partition coefficient (Wildman–Crippen LogP) is 2.24. The summed E-state index contributed by atoms with van der Waals surface area (Å²) in [5, 5.41) is 11.6. The van der Waals surface area contributed by atoms with E-state index in [9.17, 15) is 9.42 Å². The van der Waals surface area contributed by atoms with E-state index >= 15 is 0 Å². The van der Waals surface area contributed by atoms with Crippen molar-refractivity contribution in [2.75, 3.05) is 12.3 Å². The lowest BCUT2D eigenvalue weighted by Gasteiger charge is -2.15. The van der Waals surface area contributed by atoms with Crippen molar-refractivity contribution >= 4 is 16.5 Å². The van der Waals surface area contributed by atoms with Gasteiger partial charge in [-0.2, -0.15) is 0 Å². The van der Waals surface area contributed by atoms with Crippen LogP contribution < -0.4 is 0 Å². The van der Waals surface area contributed by atoms with Gasteiger partial charge in [0, 0.05) is 17.7 Å². The molecule has 1 aliphatic heterocycles. The molecule has 1 aromatic carbocycles. The molecule has 0 aromatic heterocycles. The topological polar surface area (TPSA) is 43.1 Å². The van der Waals surface area contributed by atoms with Crippen molar-refractivity contribution in [2.45, 2.75) is 31.1 Å². The van der Waals surface area contributed by atoms with Gasteiger partial charge in [-0.25, -0.2) is 4.74 Å². The fourth-order valence-corrected chi connectivity index (χ4v) is 3.13. The van der Waals surface area contributed by atoms with Crippen molar-refractivity contribution in [2.24, 2.45) is 0 Å². The van der Waals surface area contributed by atoms with Crippen LogP contribution in [-0.2, 0) is 10.8 Å². The molecule has 0 saturated carbocycles. The Bertz CT molecular complexity index is 451. The molecule has 0 bridgehead atoms. The molecule has 0 unspecified atom stereocenters. The minimum Gasteiger partial charge on any atom is -0.624 e. The van der Waals surface area contributed by atoms with Gasteiger partial charge >= 0.3 is 0 Å². The lowest BCUT2D eigenvalue weighted by atomic mass is 10.1. The molecular formula is C13H17NO2S. The summed E-state index contributed by atoms with van der Waals surface area (Å²) in [7, 11) is -1.09. The number of hydroxylamine groups is 1. The normalized spacial score (nSPS) is 18.2. The van der Waals surface area contributed by atoms with Gasteiger partial charge in [0.1, 0.15) is 5.75 Å². The summed E-state index contributed by atoms with van der Waals surface area (Å²) in [6.45, 7) is 2.56. The minimum atomic E-state index is -1.09. The molecular weight excluding hydrogens is 234 g/mol. The van der Waals surface area contributed by atoms with Gasteiger partial charge in [-0.3, -0.25) is 4.21 Å². The molecule has 0 spiro atoms. The van der Waals surface area contributed by atoms with Crippen molar-refractivity contribution in [3.63, 3.8) is 0 Å². The highest BCUT2D eigenvalue weighted by molar-refractivity contribution is 7.85. The average molecular weight is 251 g/mol. The van der Waals surface area contributed by atoms with Gasteiger partial charge in [0.15, 0.2) is 12.3 Å². The number of rotatable bonds is 3. The molecule has 0 fully saturated rings. The van der Waals surface area contributed by atoms with E-state index in [1.807, 2.05) is 31.2 Å². The summed E-state index contributed by atoms with van der Waals surface area (Å²) in [6.07, 6.45) is 2.78. The van der Waals surface area contributed by atoms with Crippen LogP contribution in [0.5, 0.6) is 0 Å². The molecule has 4 heteroatoms. The Hall–Kier alpha value is -1.16. The maximum atomic E-state index is 12.1. The molecule has 1 aromatic rings. The Morgan fingerprint density at radius 3 is 2.65 bits per heavy atom. The Labute approximate surface area is 104 Å². The smallest absolute Gasteiger partial charge is 0.176 e. The zero-order chi connectivity index (χ0) is 12.3. The van der Waals surface area contributed by atoms with E-state index in [1.54, 1.807) is 0 Å². The monoisotopic (exact) mass is 251 g/mol. The van der Waals surface area contributed by atoms with E-state index in [-0.39, 0.29) is 0 Å². The molecule has 1 aliphatic rings. The van der Waals surface area contributed by atoms with Gasteiger partial charge in [0.2, 0.25) is 0 Å². The number of hydrogen-bond acceptors (Lipinski definition) is 2.